The average Bonchev–Trinajstić information content (AvgIpc) is 2.60. The SMILES string of the molecule is C=CCc1cc(/C=C(\C#N)C(=O)NCCCOC)cc(OCC)c1O. The fraction of sp³-hybridized carbons (Fsp3) is 0.368. The minimum atomic E-state index is -0.449. The highest BCUT2D eigenvalue weighted by Crippen LogP contribution is 2.33. The molecule has 1 rings (SSSR count). The second kappa shape index (κ2) is 10.9. The van der Waals surface area contributed by atoms with Crippen molar-refractivity contribution in [1.82, 2.24) is 5.32 Å². The maximum absolute atomic E-state index is 12.1. The first-order chi connectivity index (χ1) is 12.1. The number of hydrogen-bond donors (Lipinski definition) is 2. The number of phenols is 1. The molecule has 0 atom stereocenters. The lowest BCUT2D eigenvalue weighted by atomic mass is 10.0. The number of allylic oxidation sites excluding steroid dienone is 1. The molecular weight excluding hydrogens is 320 g/mol. The molecule has 0 aromatic heterocycles. The van der Waals surface area contributed by atoms with Crippen LogP contribution in [0, 0.1) is 11.3 Å². The van der Waals surface area contributed by atoms with Crippen LogP contribution >= 0.6 is 0 Å². The van der Waals surface area contributed by atoms with Crippen LogP contribution in [0.1, 0.15) is 24.5 Å². The van der Waals surface area contributed by atoms with Gasteiger partial charge in [-0.3, -0.25) is 4.79 Å². The van der Waals surface area contributed by atoms with Gasteiger partial charge in [0.1, 0.15) is 11.6 Å². The number of carbonyl (C=O) groups excluding carboxylic acids is 1. The van der Waals surface area contributed by atoms with E-state index >= 15 is 0 Å². The van der Waals surface area contributed by atoms with Crippen molar-refractivity contribution in [1.29, 1.82) is 5.26 Å². The Morgan fingerprint density at radius 1 is 1.48 bits per heavy atom. The van der Waals surface area contributed by atoms with Gasteiger partial charge in [0.2, 0.25) is 0 Å². The number of amides is 1. The fourth-order valence-electron chi connectivity index (χ4n) is 2.18. The molecule has 1 aromatic carbocycles. The van der Waals surface area contributed by atoms with E-state index < -0.39 is 5.91 Å². The van der Waals surface area contributed by atoms with Crippen molar-refractivity contribution >= 4 is 12.0 Å². The first-order valence-corrected chi connectivity index (χ1v) is 8.05. The fourth-order valence-corrected chi connectivity index (χ4v) is 2.18. The van der Waals surface area contributed by atoms with Crippen molar-refractivity contribution in [2.45, 2.75) is 19.8 Å². The van der Waals surface area contributed by atoms with Gasteiger partial charge in [0, 0.05) is 25.8 Å². The van der Waals surface area contributed by atoms with Crippen LogP contribution in [-0.4, -0.2) is 37.9 Å². The number of nitrogens with one attached hydrogen (secondary N) is 1. The maximum Gasteiger partial charge on any atom is 0.261 e. The maximum atomic E-state index is 12.1. The molecule has 0 saturated carbocycles. The molecule has 0 saturated heterocycles. The smallest absolute Gasteiger partial charge is 0.261 e. The zero-order chi connectivity index (χ0) is 18.7. The first kappa shape index (κ1) is 20.3. The van der Waals surface area contributed by atoms with Gasteiger partial charge < -0.3 is 19.9 Å². The zero-order valence-electron chi connectivity index (χ0n) is 14.7. The Labute approximate surface area is 148 Å². The molecule has 6 heteroatoms. The number of hydrogen-bond acceptors (Lipinski definition) is 5. The van der Waals surface area contributed by atoms with Crippen molar-refractivity contribution in [3.8, 4) is 17.6 Å². The second-order valence-electron chi connectivity index (χ2n) is 5.22. The van der Waals surface area contributed by atoms with Gasteiger partial charge in [0.05, 0.1) is 6.61 Å². The predicted octanol–water partition coefficient (Wildman–Crippen LogP) is 2.58. The highest BCUT2D eigenvalue weighted by atomic mass is 16.5. The van der Waals surface area contributed by atoms with Gasteiger partial charge in [-0.2, -0.15) is 5.26 Å². The van der Waals surface area contributed by atoms with E-state index in [1.54, 1.807) is 25.3 Å². The quantitative estimate of drug-likeness (QED) is 0.295. The van der Waals surface area contributed by atoms with Crippen molar-refractivity contribution in [3.05, 3.63) is 41.5 Å². The lowest BCUT2D eigenvalue weighted by Crippen LogP contribution is -2.26. The molecule has 2 N–H and O–H groups in total. The third-order valence-corrected chi connectivity index (χ3v) is 3.33. The third kappa shape index (κ3) is 6.32. The number of phenolic OH excluding ortho intramolecular Hbond substituents is 1. The van der Waals surface area contributed by atoms with Crippen molar-refractivity contribution in [3.63, 3.8) is 0 Å². The molecule has 0 spiro atoms. The average molecular weight is 344 g/mol. The highest BCUT2D eigenvalue weighted by molar-refractivity contribution is 6.01. The van der Waals surface area contributed by atoms with Crippen LogP contribution in [0.4, 0.5) is 0 Å². The lowest BCUT2D eigenvalue weighted by molar-refractivity contribution is -0.117. The van der Waals surface area contributed by atoms with Gasteiger partial charge in [-0.05, 0) is 43.5 Å². The van der Waals surface area contributed by atoms with Crippen LogP contribution in [0.5, 0.6) is 11.5 Å². The van der Waals surface area contributed by atoms with Gasteiger partial charge in [0.15, 0.2) is 11.5 Å². The standard InChI is InChI=1S/C19H24N2O4/c1-4-7-15-10-14(12-17(18(15)22)25-5-2)11-16(13-20)19(23)21-8-6-9-24-3/h4,10-12,22H,1,5-9H2,2-3H3,(H,21,23)/b16-11+. The summed E-state index contributed by atoms with van der Waals surface area (Å²) in [5.41, 5.74) is 1.20. The van der Waals surface area contributed by atoms with Gasteiger partial charge >= 0.3 is 0 Å². The van der Waals surface area contributed by atoms with Crippen LogP contribution in [0.15, 0.2) is 30.4 Å². The van der Waals surface area contributed by atoms with E-state index in [2.05, 4.69) is 11.9 Å². The number of nitriles is 1. The molecule has 0 unspecified atom stereocenters. The molecule has 1 aromatic rings. The number of ether oxygens (including phenoxy) is 2. The Morgan fingerprint density at radius 3 is 2.84 bits per heavy atom. The van der Waals surface area contributed by atoms with Crippen molar-refractivity contribution in [2.24, 2.45) is 0 Å². The van der Waals surface area contributed by atoms with E-state index in [1.165, 1.54) is 6.08 Å². The Kier molecular flexibility index (Phi) is 8.83. The number of methoxy groups -OCH3 is 1. The molecule has 1 amide bonds. The molecule has 0 fully saturated rings. The molecule has 0 aliphatic rings. The third-order valence-electron chi connectivity index (χ3n) is 3.33. The summed E-state index contributed by atoms with van der Waals surface area (Å²) >= 11 is 0. The molecule has 0 heterocycles. The predicted molar refractivity (Wildman–Crippen MR) is 96.3 cm³/mol. The van der Waals surface area contributed by atoms with Crippen LogP contribution in [0.25, 0.3) is 6.08 Å². The Morgan fingerprint density at radius 2 is 2.24 bits per heavy atom. The molecule has 25 heavy (non-hydrogen) atoms. The van der Waals surface area contributed by atoms with E-state index in [4.69, 9.17) is 9.47 Å². The summed E-state index contributed by atoms with van der Waals surface area (Å²) in [7, 11) is 1.59. The normalized spacial score (nSPS) is 10.8. The summed E-state index contributed by atoms with van der Waals surface area (Å²) in [6.07, 6.45) is 4.24. The molecule has 134 valence electrons. The minimum absolute atomic E-state index is 0.0184. The Bertz CT molecular complexity index is 675. The van der Waals surface area contributed by atoms with E-state index in [0.29, 0.717) is 49.5 Å². The van der Waals surface area contributed by atoms with Crippen molar-refractivity contribution in [2.75, 3.05) is 26.9 Å². The van der Waals surface area contributed by atoms with Crippen LogP contribution in [-0.2, 0) is 16.0 Å². The van der Waals surface area contributed by atoms with Crippen molar-refractivity contribution < 1.29 is 19.4 Å². The molecule has 0 aliphatic carbocycles. The number of carbonyl (C=O) groups is 1. The summed E-state index contributed by atoms with van der Waals surface area (Å²) in [6, 6.07) is 5.20. The number of nitrogens with zero attached hydrogens (tertiary/aromatic N) is 1. The number of benzene rings is 1. The van der Waals surface area contributed by atoms with E-state index in [1.807, 2.05) is 13.0 Å². The van der Waals surface area contributed by atoms with E-state index in [-0.39, 0.29) is 11.3 Å². The Balaban J connectivity index is 3.06. The molecule has 0 aliphatic heterocycles. The topological polar surface area (TPSA) is 91.6 Å². The van der Waals surface area contributed by atoms with Gasteiger partial charge in [-0.1, -0.05) is 6.08 Å². The lowest BCUT2D eigenvalue weighted by Gasteiger charge is -2.11. The molecule has 6 nitrogen and oxygen atoms in total. The zero-order valence-corrected chi connectivity index (χ0v) is 14.7. The number of rotatable bonds is 10. The first-order valence-electron chi connectivity index (χ1n) is 8.05. The van der Waals surface area contributed by atoms with Gasteiger partial charge in [-0.15, -0.1) is 6.58 Å². The Hall–Kier alpha value is -2.78. The van der Waals surface area contributed by atoms with Gasteiger partial charge in [-0.25, -0.2) is 0 Å². The molecule has 0 radical (unpaired) electrons. The molecule has 0 bridgehead atoms. The summed E-state index contributed by atoms with van der Waals surface area (Å²) in [5, 5.41) is 22.1. The number of aromatic hydroxyl groups is 1. The summed E-state index contributed by atoms with van der Waals surface area (Å²) in [4.78, 5) is 12.1. The largest absolute Gasteiger partial charge is 0.504 e. The van der Waals surface area contributed by atoms with Crippen LogP contribution in [0.2, 0.25) is 0 Å². The second-order valence-corrected chi connectivity index (χ2v) is 5.22. The summed E-state index contributed by atoms with van der Waals surface area (Å²) in [6.45, 7) is 6.82. The summed E-state index contributed by atoms with van der Waals surface area (Å²) < 4.78 is 10.3. The highest BCUT2D eigenvalue weighted by Gasteiger charge is 2.12. The minimum Gasteiger partial charge on any atom is -0.504 e. The van der Waals surface area contributed by atoms with Crippen LogP contribution in [0.3, 0.4) is 0 Å². The molecular formula is C19H24N2O4. The van der Waals surface area contributed by atoms with E-state index in [0.717, 1.165) is 0 Å². The van der Waals surface area contributed by atoms with Gasteiger partial charge in [0.25, 0.3) is 5.91 Å². The summed E-state index contributed by atoms with van der Waals surface area (Å²) in [5.74, 6) is -0.0952. The monoisotopic (exact) mass is 344 g/mol. The van der Waals surface area contributed by atoms with Crippen LogP contribution < -0.4 is 10.1 Å². The van der Waals surface area contributed by atoms with E-state index in [9.17, 15) is 15.2 Å².